The Bertz CT molecular complexity index is 1680. The molecule has 0 spiro atoms. The molecule has 5 rings (SSSR count). The SMILES string of the molecule is CCCc1nc2c(NC(=O)CCCNC(=O)C3Cn4c(=O)c(SC)c(SC)c(=O)n4C3)nc3ccccc3c2s1. The van der Waals surface area contributed by atoms with Gasteiger partial charge in [-0.1, -0.05) is 25.1 Å². The number of anilines is 1. The summed E-state index contributed by atoms with van der Waals surface area (Å²) < 4.78 is 3.75. The molecule has 0 unspecified atom stereocenters. The highest BCUT2D eigenvalue weighted by molar-refractivity contribution is 8.01. The fraction of sp³-hybridized carbons (Fsp3) is 0.407. The van der Waals surface area contributed by atoms with E-state index >= 15 is 0 Å². The second-order valence-electron chi connectivity index (χ2n) is 9.49. The Labute approximate surface area is 242 Å². The second-order valence-corrected chi connectivity index (χ2v) is 12.2. The van der Waals surface area contributed by atoms with Crippen LogP contribution in [0.5, 0.6) is 0 Å². The van der Waals surface area contributed by atoms with Crippen molar-refractivity contribution in [3.63, 3.8) is 0 Å². The molecule has 13 heteroatoms. The van der Waals surface area contributed by atoms with Gasteiger partial charge in [-0.05, 0) is 37.8 Å². The first-order valence-electron chi connectivity index (χ1n) is 13.1. The molecule has 1 aromatic carbocycles. The minimum Gasteiger partial charge on any atom is -0.356 e. The summed E-state index contributed by atoms with van der Waals surface area (Å²) in [6, 6.07) is 7.83. The highest BCUT2D eigenvalue weighted by Crippen LogP contribution is 2.34. The quantitative estimate of drug-likeness (QED) is 0.209. The third kappa shape index (κ3) is 5.41. The number of rotatable bonds is 10. The van der Waals surface area contributed by atoms with Crippen molar-refractivity contribution in [2.45, 2.75) is 55.5 Å². The zero-order valence-corrected chi connectivity index (χ0v) is 24.9. The Morgan fingerprint density at radius 2 is 1.73 bits per heavy atom. The van der Waals surface area contributed by atoms with E-state index in [-0.39, 0.29) is 42.4 Å². The van der Waals surface area contributed by atoms with Gasteiger partial charge in [0.25, 0.3) is 11.1 Å². The monoisotopic (exact) mass is 598 g/mol. The molecular formula is C27H30N6O4S3. The number of carbonyl (C=O) groups is 2. The topological polar surface area (TPSA) is 128 Å². The zero-order chi connectivity index (χ0) is 28.4. The molecular weight excluding hydrogens is 569 g/mol. The average Bonchev–Trinajstić information content (AvgIpc) is 3.59. The number of amides is 2. The van der Waals surface area contributed by atoms with E-state index in [0.717, 1.165) is 33.5 Å². The van der Waals surface area contributed by atoms with Crippen molar-refractivity contribution in [2.75, 3.05) is 24.4 Å². The third-order valence-electron chi connectivity index (χ3n) is 6.80. The van der Waals surface area contributed by atoms with Gasteiger partial charge in [-0.3, -0.25) is 19.2 Å². The van der Waals surface area contributed by atoms with Gasteiger partial charge in [0.1, 0.15) is 5.52 Å². The highest BCUT2D eigenvalue weighted by atomic mass is 32.2. The molecule has 0 atom stereocenters. The molecule has 4 heterocycles. The number of para-hydroxylation sites is 1. The van der Waals surface area contributed by atoms with Crippen molar-refractivity contribution in [2.24, 2.45) is 5.92 Å². The van der Waals surface area contributed by atoms with Crippen LogP contribution in [0.15, 0.2) is 43.6 Å². The van der Waals surface area contributed by atoms with Crippen molar-refractivity contribution < 1.29 is 9.59 Å². The molecule has 0 bridgehead atoms. The number of thiazole rings is 1. The van der Waals surface area contributed by atoms with Crippen LogP contribution in [0, 0.1) is 5.92 Å². The van der Waals surface area contributed by atoms with Crippen molar-refractivity contribution in [3.8, 4) is 0 Å². The van der Waals surface area contributed by atoms with Gasteiger partial charge in [0.15, 0.2) is 5.82 Å². The van der Waals surface area contributed by atoms with Gasteiger partial charge < -0.3 is 10.6 Å². The first-order valence-corrected chi connectivity index (χ1v) is 16.3. The first kappa shape index (κ1) is 28.4. The Morgan fingerprint density at radius 3 is 2.38 bits per heavy atom. The standard InChI is InChI=1S/C27H30N6O4S3/c1-4-8-19-31-20-21(40-19)16-9-5-6-10-17(16)29-24(20)30-18(34)11-7-12-28-25(35)15-13-32-26(36)22(38-2)23(39-3)27(37)33(32)14-15/h5-6,9-10,15H,4,7-8,11-14H2,1-3H3,(H,28,35)(H,29,30,34). The predicted molar refractivity (Wildman–Crippen MR) is 162 cm³/mol. The normalized spacial score (nSPS) is 13.2. The van der Waals surface area contributed by atoms with Crippen molar-refractivity contribution in [1.29, 1.82) is 0 Å². The maximum atomic E-state index is 12.8. The van der Waals surface area contributed by atoms with Crippen molar-refractivity contribution >= 4 is 73.6 Å². The highest BCUT2D eigenvalue weighted by Gasteiger charge is 2.31. The minimum atomic E-state index is -0.525. The number of nitrogens with one attached hydrogen (secondary N) is 2. The van der Waals surface area contributed by atoms with E-state index in [1.165, 1.54) is 32.9 Å². The number of thioether (sulfide) groups is 2. The number of hydrogen-bond acceptors (Lipinski definition) is 9. The van der Waals surface area contributed by atoms with Gasteiger partial charge in [-0.15, -0.1) is 34.9 Å². The van der Waals surface area contributed by atoms with Crippen LogP contribution in [0.3, 0.4) is 0 Å². The van der Waals surface area contributed by atoms with Crippen LogP contribution < -0.4 is 21.8 Å². The van der Waals surface area contributed by atoms with E-state index in [1.54, 1.807) is 23.8 Å². The molecule has 0 saturated heterocycles. The molecule has 1 aliphatic rings. The summed E-state index contributed by atoms with van der Waals surface area (Å²) in [6.07, 6.45) is 6.01. The molecule has 2 N–H and O–H groups in total. The van der Waals surface area contributed by atoms with E-state index in [1.807, 2.05) is 24.3 Å². The van der Waals surface area contributed by atoms with E-state index in [9.17, 15) is 19.2 Å². The minimum absolute atomic E-state index is 0.153. The third-order valence-corrected chi connectivity index (χ3v) is 9.65. The number of aryl methyl sites for hydroxylation is 1. The Hall–Kier alpha value is -3.16. The van der Waals surface area contributed by atoms with Gasteiger partial charge in [0.05, 0.1) is 44.0 Å². The maximum Gasteiger partial charge on any atom is 0.280 e. The van der Waals surface area contributed by atoms with Crippen LogP contribution in [0.25, 0.3) is 21.1 Å². The number of carbonyl (C=O) groups excluding carboxylic acids is 2. The van der Waals surface area contributed by atoms with E-state index in [4.69, 9.17) is 4.98 Å². The zero-order valence-electron chi connectivity index (χ0n) is 22.5. The van der Waals surface area contributed by atoms with Crippen LogP contribution >= 0.6 is 34.9 Å². The lowest BCUT2D eigenvalue weighted by atomic mass is 10.1. The number of nitrogens with zero attached hydrogens (tertiary/aromatic N) is 4. The van der Waals surface area contributed by atoms with Gasteiger partial charge in [-0.25, -0.2) is 19.3 Å². The van der Waals surface area contributed by atoms with E-state index in [2.05, 4.69) is 22.5 Å². The Balaban J connectivity index is 1.19. The summed E-state index contributed by atoms with van der Waals surface area (Å²) in [6.45, 7) is 2.71. The number of benzene rings is 1. The van der Waals surface area contributed by atoms with Gasteiger partial charge in [-0.2, -0.15) is 0 Å². The van der Waals surface area contributed by atoms with Gasteiger partial charge >= 0.3 is 0 Å². The number of aromatic nitrogens is 4. The molecule has 210 valence electrons. The summed E-state index contributed by atoms with van der Waals surface area (Å²) in [5.41, 5.74) is 1.01. The number of hydrogen-bond donors (Lipinski definition) is 2. The smallest absolute Gasteiger partial charge is 0.280 e. The van der Waals surface area contributed by atoms with Crippen LogP contribution in [0.2, 0.25) is 0 Å². The first-order chi connectivity index (χ1) is 19.4. The summed E-state index contributed by atoms with van der Waals surface area (Å²) in [5, 5.41) is 7.82. The molecule has 3 aromatic heterocycles. The Morgan fingerprint density at radius 1 is 1.05 bits per heavy atom. The maximum absolute atomic E-state index is 12.8. The molecule has 2 amide bonds. The lowest BCUT2D eigenvalue weighted by molar-refractivity contribution is -0.125. The van der Waals surface area contributed by atoms with Gasteiger partial charge in [0.2, 0.25) is 11.8 Å². The molecule has 0 saturated carbocycles. The summed E-state index contributed by atoms with van der Waals surface area (Å²) in [4.78, 5) is 61.6. The van der Waals surface area contributed by atoms with E-state index in [0.29, 0.717) is 34.1 Å². The molecule has 1 aliphatic heterocycles. The Kier molecular flexibility index (Phi) is 8.62. The summed E-state index contributed by atoms with van der Waals surface area (Å²) in [7, 11) is 0. The molecule has 0 aliphatic carbocycles. The summed E-state index contributed by atoms with van der Waals surface area (Å²) in [5.74, 6) is -0.516. The largest absolute Gasteiger partial charge is 0.356 e. The van der Waals surface area contributed by atoms with Crippen LogP contribution in [-0.2, 0) is 29.1 Å². The predicted octanol–water partition coefficient (Wildman–Crippen LogP) is 3.73. The molecule has 0 fully saturated rings. The summed E-state index contributed by atoms with van der Waals surface area (Å²) >= 11 is 4.13. The fourth-order valence-corrected chi connectivity index (χ4v) is 7.67. The molecule has 40 heavy (non-hydrogen) atoms. The van der Waals surface area contributed by atoms with E-state index < -0.39 is 5.92 Å². The fourth-order valence-electron chi connectivity index (χ4n) is 4.86. The molecule has 0 radical (unpaired) electrons. The molecule has 10 nitrogen and oxygen atoms in total. The van der Waals surface area contributed by atoms with Crippen molar-refractivity contribution in [3.05, 3.63) is 50.0 Å². The van der Waals surface area contributed by atoms with Gasteiger partial charge in [0, 0.05) is 18.4 Å². The number of pyridine rings is 1. The lowest BCUT2D eigenvalue weighted by Crippen LogP contribution is -2.36. The molecule has 4 aromatic rings. The van der Waals surface area contributed by atoms with Crippen LogP contribution in [-0.4, -0.2) is 50.2 Å². The average molecular weight is 599 g/mol. The van der Waals surface area contributed by atoms with Crippen LogP contribution in [0.1, 0.15) is 31.2 Å². The van der Waals surface area contributed by atoms with Crippen LogP contribution in [0.4, 0.5) is 5.82 Å². The second kappa shape index (κ2) is 12.1. The van der Waals surface area contributed by atoms with Crippen molar-refractivity contribution in [1.82, 2.24) is 24.6 Å². The number of fused-ring (bicyclic) bond motifs is 4. The lowest BCUT2D eigenvalue weighted by Gasteiger charge is -2.10.